The van der Waals surface area contributed by atoms with Gasteiger partial charge in [0, 0.05) is 13.6 Å². The van der Waals surface area contributed by atoms with E-state index in [9.17, 15) is 4.79 Å². The normalized spacial score (nSPS) is 10.8. The number of carbonyl (C=O) groups is 1. The molecule has 0 spiro atoms. The topological polar surface area (TPSA) is 40.5 Å². The summed E-state index contributed by atoms with van der Waals surface area (Å²) in [6, 6.07) is 1.87. The van der Waals surface area contributed by atoms with E-state index >= 15 is 0 Å². The van der Waals surface area contributed by atoms with Crippen molar-refractivity contribution in [1.82, 2.24) is 4.90 Å². The number of nitrogens with zero attached hydrogens (tertiary/aromatic N) is 1. The Bertz CT molecular complexity index is 514. The van der Waals surface area contributed by atoms with Crippen LogP contribution in [0.3, 0.4) is 0 Å². The van der Waals surface area contributed by atoms with Gasteiger partial charge in [-0.15, -0.1) is 11.3 Å². The van der Waals surface area contributed by atoms with Gasteiger partial charge in [-0.05, 0) is 24.0 Å². The number of rotatable bonds is 2. The number of carbonyl (C=O) groups excluding carboxylic acids is 1. The highest BCUT2D eigenvalue weighted by Crippen LogP contribution is 2.23. The quantitative estimate of drug-likeness (QED) is 0.845. The number of aryl methyl sites for hydroxylation is 1. The maximum absolute atomic E-state index is 12.3. The second-order valence-electron chi connectivity index (χ2n) is 5.80. The smallest absolute Gasteiger partial charge is 0.263 e. The zero-order valence-corrected chi connectivity index (χ0v) is 13.0. The molecular formula is C15H21NO2S. The predicted molar refractivity (Wildman–Crippen MR) is 79.4 cm³/mol. The summed E-state index contributed by atoms with van der Waals surface area (Å²) in [5.41, 5.74) is 1.06. The molecule has 4 heteroatoms. The van der Waals surface area contributed by atoms with Gasteiger partial charge >= 0.3 is 0 Å². The van der Waals surface area contributed by atoms with E-state index < -0.39 is 0 Å². The highest BCUT2D eigenvalue weighted by atomic mass is 32.1. The molecule has 1 rings (SSSR count). The molecule has 0 aliphatic rings. The van der Waals surface area contributed by atoms with Crippen molar-refractivity contribution in [3.8, 4) is 11.8 Å². The van der Waals surface area contributed by atoms with Gasteiger partial charge in [-0.2, -0.15) is 0 Å². The Morgan fingerprint density at radius 2 is 2.11 bits per heavy atom. The molecule has 0 saturated carbocycles. The molecule has 104 valence electrons. The van der Waals surface area contributed by atoms with Gasteiger partial charge in [0.1, 0.15) is 6.61 Å². The number of hydrogen-bond donors (Lipinski definition) is 1. The van der Waals surface area contributed by atoms with Crippen LogP contribution in [0.1, 0.15) is 40.9 Å². The molecule has 0 aliphatic carbocycles. The zero-order chi connectivity index (χ0) is 14.6. The summed E-state index contributed by atoms with van der Waals surface area (Å²) in [5, 5.41) is 8.71. The van der Waals surface area contributed by atoms with Crippen molar-refractivity contribution in [1.29, 1.82) is 0 Å². The SMILES string of the molecule is Cc1cc(C(=O)N(C)CC(C)(C)C)sc1C#CCO. The van der Waals surface area contributed by atoms with Crippen LogP contribution in [0, 0.1) is 24.2 Å². The summed E-state index contributed by atoms with van der Waals surface area (Å²) in [4.78, 5) is 15.6. The summed E-state index contributed by atoms with van der Waals surface area (Å²) < 4.78 is 0. The average Bonchev–Trinajstić information content (AvgIpc) is 2.64. The van der Waals surface area contributed by atoms with Crippen molar-refractivity contribution in [3.05, 3.63) is 21.4 Å². The van der Waals surface area contributed by atoms with Crippen LogP contribution < -0.4 is 0 Å². The summed E-state index contributed by atoms with van der Waals surface area (Å²) in [6.07, 6.45) is 0. The van der Waals surface area contributed by atoms with Gasteiger partial charge in [-0.25, -0.2) is 0 Å². The molecule has 0 saturated heterocycles. The summed E-state index contributed by atoms with van der Waals surface area (Å²) >= 11 is 1.39. The van der Waals surface area contributed by atoms with E-state index in [1.165, 1.54) is 11.3 Å². The largest absolute Gasteiger partial charge is 0.384 e. The third-order valence-electron chi connectivity index (χ3n) is 2.47. The highest BCUT2D eigenvalue weighted by Gasteiger charge is 2.20. The van der Waals surface area contributed by atoms with Crippen LogP contribution in [0.5, 0.6) is 0 Å². The molecule has 19 heavy (non-hydrogen) atoms. The fourth-order valence-corrected chi connectivity index (χ4v) is 2.84. The highest BCUT2D eigenvalue weighted by molar-refractivity contribution is 7.14. The van der Waals surface area contributed by atoms with Crippen molar-refractivity contribution in [2.24, 2.45) is 5.41 Å². The van der Waals surface area contributed by atoms with Crippen molar-refractivity contribution in [3.63, 3.8) is 0 Å². The van der Waals surface area contributed by atoms with Crippen molar-refractivity contribution < 1.29 is 9.90 Å². The molecule has 3 nitrogen and oxygen atoms in total. The monoisotopic (exact) mass is 279 g/mol. The number of amides is 1. The standard InChI is InChI=1S/C15H21NO2S/c1-11-9-13(19-12(11)7-6-8-17)14(18)16(5)10-15(2,3)4/h9,17H,8,10H2,1-5H3. The molecule has 0 bridgehead atoms. The van der Waals surface area contributed by atoms with Gasteiger partial charge in [-0.3, -0.25) is 4.79 Å². The van der Waals surface area contributed by atoms with E-state index in [0.29, 0.717) is 11.4 Å². The number of aliphatic hydroxyl groups is 1. The predicted octanol–water partition coefficient (Wildman–Crippen LogP) is 2.52. The molecule has 1 aromatic heterocycles. The van der Waals surface area contributed by atoms with Crippen LogP contribution in [0.25, 0.3) is 0 Å². The first-order chi connectivity index (χ1) is 8.74. The molecular weight excluding hydrogens is 258 g/mol. The Labute approximate surface area is 119 Å². The van der Waals surface area contributed by atoms with Gasteiger partial charge < -0.3 is 10.0 Å². The molecule has 1 heterocycles. The summed E-state index contributed by atoms with van der Waals surface area (Å²) in [5.74, 6) is 5.52. The Morgan fingerprint density at radius 1 is 1.47 bits per heavy atom. The molecule has 0 atom stereocenters. The Morgan fingerprint density at radius 3 is 2.63 bits per heavy atom. The minimum Gasteiger partial charge on any atom is -0.384 e. The van der Waals surface area contributed by atoms with Crippen LogP contribution in [-0.2, 0) is 0 Å². The third-order valence-corrected chi connectivity index (χ3v) is 3.61. The lowest BCUT2D eigenvalue weighted by atomic mass is 9.96. The van der Waals surface area contributed by atoms with Crippen LogP contribution in [0.2, 0.25) is 0 Å². The average molecular weight is 279 g/mol. The first-order valence-electron chi connectivity index (χ1n) is 6.20. The van der Waals surface area contributed by atoms with E-state index in [4.69, 9.17) is 5.11 Å². The summed E-state index contributed by atoms with van der Waals surface area (Å²) in [6.45, 7) is 8.79. The van der Waals surface area contributed by atoms with E-state index in [1.807, 2.05) is 20.0 Å². The lowest BCUT2D eigenvalue weighted by Gasteiger charge is -2.26. The van der Waals surface area contributed by atoms with Gasteiger partial charge in [0.15, 0.2) is 0 Å². The lowest BCUT2D eigenvalue weighted by molar-refractivity contribution is 0.0750. The first-order valence-corrected chi connectivity index (χ1v) is 7.02. The van der Waals surface area contributed by atoms with Crippen LogP contribution in [0.4, 0.5) is 0 Å². The van der Waals surface area contributed by atoms with Gasteiger partial charge in [0.05, 0.1) is 9.75 Å². The number of aliphatic hydroxyl groups excluding tert-OH is 1. The Hall–Kier alpha value is -1.31. The third kappa shape index (κ3) is 4.70. The van der Waals surface area contributed by atoms with Crippen molar-refractivity contribution >= 4 is 17.2 Å². The first kappa shape index (κ1) is 15.7. The number of hydrogen-bond acceptors (Lipinski definition) is 3. The maximum atomic E-state index is 12.3. The van der Waals surface area contributed by atoms with Gasteiger partial charge in [-0.1, -0.05) is 32.6 Å². The van der Waals surface area contributed by atoms with Gasteiger partial charge in [0.2, 0.25) is 0 Å². The van der Waals surface area contributed by atoms with E-state index in [1.54, 1.807) is 4.90 Å². The van der Waals surface area contributed by atoms with E-state index in [0.717, 1.165) is 10.4 Å². The minimum absolute atomic E-state index is 0.0278. The maximum Gasteiger partial charge on any atom is 0.263 e. The minimum atomic E-state index is -0.162. The Balaban J connectivity index is 2.89. The van der Waals surface area contributed by atoms with Crippen molar-refractivity contribution in [2.75, 3.05) is 20.2 Å². The molecule has 0 aromatic carbocycles. The van der Waals surface area contributed by atoms with Crippen LogP contribution in [0.15, 0.2) is 6.07 Å². The molecule has 1 N–H and O–H groups in total. The van der Waals surface area contributed by atoms with E-state index in [-0.39, 0.29) is 17.9 Å². The molecule has 1 amide bonds. The van der Waals surface area contributed by atoms with Gasteiger partial charge in [0.25, 0.3) is 5.91 Å². The Kier molecular flexibility index (Phi) is 5.16. The fraction of sp³-hybridized carbons (Fsp3) is 0.533. The molecule has 0 unspecified atom stereocenters. The lowest BCUT2D eigenvalue weighted by Crippen LogP contribution is -2.34. The molecule has 0 aliphatic heterocycles. The molecule has 1 aromatic rings. The van der Waals surface area contributed by atoms with Crippen molar-refractivity contribution in [2.45, 2.75) is 27.7 Å². The number of thiophene rings is 1. The van der Waals surface area contributed by atoms with E-state index in [2.05, 4.69) is 32.6 Å². The van der Waals surface area contributed by atoms with Crippen LogP contribution >= 0.6 is 11.3 Å². The summed E-state index contributed by atoms with van der Waals surface area (Å²) in [7, 11) is 1.82. The second kappa shape index (κ2) is 6.23. The second-order valence-corrected chi connectivity index (χ2v) is 6.86. The fourth-order valence-electron chi connectivity index (χ4n) is 1.80. The van der Waals surface area contributed by atoms with Crippen LogP contribution in [-0.4, -0.2) is 36.1 Å². The zero-order valence-electron chi connectivity index (χ0n) is 12.2. The molecule has 0 fully saturated rings. The molecule has 0 radical (unpaired) electrons.